The third kappa shape index (κ3) is 2.86. The molecule has 0 saturated heterocycles. The molecular weight excluding hydrogens is 309 g/mol. The normalized spacial score (nSPS) is 10.4. The Kier molecular flexibility index (Phi) is 4.15. The molecule has 2 nitrogen and oxygen atoms in total. The van der Waals surface area contributed by atoms with Gasteiger partial charge in [-0.15, -0.1) is 0 Å². The van der Waals surface area contributed by atoms with Gasteiger partial charge in [0.15, 0.2) is 17.5 Å². The fourth-order valence-corrected chi connectivity index (χ4v) is 2.21. The highest BCUT2D eigenvalue weighted by atomic mass is 35.5. The zero-order valence-corrected chi connectivity index (χ0v) is 11.5. The van der Waals surface area contributed by atoms with Crippen LogP contribution in [0.2, 0.25) is 5.02 Å². The molecule has 2 rings (SSSR count). The van der Waals surface area contributed by atoms with Crippen LogP contribution in [0, 0.1) is 17.5 Å². The summed E-state index contributed by atoms with van der Waals surface area (Å²) in [7, 11) is 0. The molecule has 0 saturated carbocycles. The topological polar surface area (TPSA) is 38.0 Å². The maximum atomic E-state index is 13.1. The van der Waals surface area contributed by atoms with E-state index in [0.717, 1.165) is 12.1 Å². The number of hydrogen-bond acceptors (Lipinski definition) is 2. The summed E-state index contributed by atoms with van der Waals surface area (Å²) in [4.78, 5) is 0.0288. The summed E-state index contributed by atoms with van der Waals surface area (Å²) in [6, 6.07) is 6.42. The predicted molar refractivity (Wildman–Crippen MR) is 76.9 cm³/mol. The second kappa shape index (κ2) is 5.68. The fourth-order valence-electron chi connectivity index (χ4n) is 1.66. The number of rotatable bonds is 3. The van der Waals surface area contributed by atoms with Gasteiger partial charge in [-0.25, -0.2) is 13.2 Å². The van der Waals surface area contributed by atoms with Crippen LogP contribution in [0.3, 0.4) is 0 Å². The smallest absolute Gasteiger partial charge is 0.194 e. The van der Waals surface area contributed by atoms with Crippen LogP contribution < -0.4 is 11.1 Å². The molecule has 20 heavy (non-hydrogen) atoms. The molecule has 0 amide bonds. The molecule has 0 aliphatic rings. The molecule has 0 aliphatic carbocycles. The van der Waals surface area contributed by atoms with Crippen molar-refractivity contribution < 1.29 is 13.2 Å². The first-order chi connectivity index (χ1) is 9.40. The van der Waals surface area contributed by atoms with Crippen molar-refractivity contribution in [3.05, 3.63) is 58.4 Å². The number of halogens is 4. The molecule has 0 spiro atoms. The molecule has 0 radical (unpaired) electrons. The van der Waals surface area contributed by atoms with Crippen LogP contribution in [0.5, 0.6) is 0 Å². The summed E-state index contributed by atoms with van der Waals surface area (Å²) in [5, 5.41) is 3.00. The molecule has 2 aromatic rings. The molecular formula is C13H8ClF3N2S. The zero-order chi connectivity index (χ0) is 14.9. The zero-order valence-electron chi connectivity index (χ0n) is 9.88. The van der Waals surface area contributed by atoms with Crippen molar-refractivity contribution >= 4 is 40.2 Å². The van der Waals surface area contributed by atoms with Gasteiger partial charge in [0.2, 0.25) is 0 Å². The van der Waals surface area contributed by atoms with Crippen LogP contribution in [0.1, 0.15) is 5.56 Å². The SMILES string of the molecule is NC(=S)c1c(Cl)cccc1Nc1cc(F)c(F)c(F)c1. The minimum absolute atomic E-state index is 0.0150. The van der Waals surface area contributed by atoms with Crippen LogP contribution in [-0.2, 0) is 0 Å². The highest BCUT2D eigenvalue weighted by Crippen LogP contribution is 2.28. The number of thiocarbonyl (C=S) groups is 1. The first-order valence-corrected chi connectivity index (χ1v) is 6.18. The standard InChI is InChI=1S/C13H8ClF3N2S/c14-7-2-1-3-10(11(7)13(18)20)19-6-4-8(15)12(17)9(16)5-6/h1-5,19H,(H2,18,20). The van der Waals surface area contributed by atoms with Gasteiger partial charge >= 0.3 is 0 Å². The molecule has 3 N–H and O–H groups in total. The number of hydrogen-bond donors (Lipinski definition) is 2. The lowest BCUT2D eigenvalue weighted by Crippen LogP contribution is -2.12. The Morgan fingerprint density at radius 3 is 2.30 bits per heavy atom. The average molecular weight is 317 g/mol. The molecule has 104 valence electrons. The van der Waals surface area contributed by atoms with Gasteiger partial charge in [0.1, 0.15) is 4.99 Å². The van der Waals surface area contributed by atoms with E-state index in [1.165, 1.54) is 0 Å². The minimum atomic E-state index is -1.53. The van der Waals surface area contributed by atoms with E-state index in [2.05, 4.69) is 5.32 Å². The van der Waals surface area contributed by atoms with Crippen molar-refractivity contribution in [1.82, 2.24) is 0 Å². The third-order valence-electron chi connectivity index (χ3n) is 2.52. The predicted octanol–water partition coefficient (Wildman–Crippen LogP) is 4.14. The number of nitrogens with one attached hydrogen (secondary N) is 1. The van der Waals surface area contributed by atoms with E-state index in [-0.39, 0.29) is 10.7 Å². The summed E-state index contributed by atoms with van der Waals surface area (Å²) in [6.07, 6.45) is 0. The Balaban J connectivity index is 2.45. The van der Waals surface area contributed by atoms with Crippen molar-refractivity contribution in [2.24, 2.45) is 5.73 Å². The summed E-state index contributed by atoms with van der Waals surface area (Å²) in [5.74, 6) is -4.13. The Morgan fingerprint density at radius 1 is 1.15 bits per heavy atom. The van der Waals surface area contributed by atoms with E-state index >= 15 is 0 Å². The lowest BCUT2D eigenvalue weighted by molar-refractivity contribution is 0.448. The van der Waals surface area contributed by atoms with Crippen LogP contribution in [0.4, 0.5) is 24.5 Å². The van der Waals surface area contributed by atoms with Gasteiger partial charge in [-0.1, -0.05) is 29.9 Å². The largest absolute Gasteiger partial charge is 0.389 e. The monoisotopic (exact) mass is 316 g/mol. The minimum Gasteiger partial charge on any atom is -0.389 e. The van der Waals surface area contributed by atoms with Gasteiger partial charge in [0, 0.05) is 17.8 Å². The summed E-state index contributed by atoms with van der Waals surface area (Å²) in [5.41, 5.74) is 6.28. The van der Waals surface area contributed by atoms with Crippen LogP contribution in [-0.4, -0.2) is 4.99 Å². The lowest BCUT2D eigenvalue weighted by atomic mass is 10.1. The van der Waals surface area contributed by atoms with Crippen LogP contribution in [0.25, 0.3) is 0 Å². The molecule has 0 aromatic heterocycles. The van der Waals surface area contributed by atoms with E-state index in [9.17, 15) is 13.2 Å². The highest BCUT2D eigenvalue weighted by molar-refractivity contribution is 7.80. The van der Waals surface area contributed by atoms with E-state index in [1.807, 2.05) is 0 Å². The maximum Gasteiger partial charge on any atom is 0.194 e. The molecule has 0 aliphatic heterocycles. The maximum absolute atomic E-state index is 13.1. The molecule has 2 aromatic carbocycles. The van der Waals surface area contributed by atoms with Crippen molar-refractivity contribution in [2.45, 2.75) is 0 Å². The number of anilines is 2. The molecule has 0 unspecified atom stereocenters. The molecule has 7 heteroatoms. The molecule has 0 bridgehead atoms. The van der Waals surface area contributed by atoms with Gasteiger partial charge in [-0.05, 0) is 12.1 Å². The number of benzene rings is 2. The van der Waals surface area contributed by atoms with E-state index < -0.39 is 17.5 Å². The van der Waals surface area contributed by atoms with Crippen molar-refractivity contribution in [1.29, 1.82) is 0 Å². The van der Waals surface area contributed by atoms with E-state index in [0.29, 0.717) is 16.3 Å². The Hall–Kier alpha value is -1.79. The van der Waals surface area contributed by atoms with Crippen LogP contribution in [0.15, 0.2) is 30.3 Å². The van der Waals surface area contributed by atoms with Crippen molar-refractivity contribution in [3.8, 4) is 0 Å². The summed E-state index contributed by atoms with van der Waals surface area (Å²) in [6.45, 7) is 0. The number of nitrogens with two attached hydrogens (primary N) is 1. The second-order valence-corrected chi connectivity index (χ2v) is 4.75. The van der Waals surface area contributed by atoms with Gasteiger partial charge in [0.25, 0.3) is 0 Å². The van der Waals surface area contributed by atoms with Gasteiger partial charge in [-0.2, -0.15) is 0 Å². The molecule has 0 atom stereocenters. The lowest BCUT2D eigenvalue weighted by Gasteiger charge is -2.13. The van der Waals surface area contributed by atoms with Crippen molar-refractivity contribution in [2.75, 3.05) is 5.32 Å². The van der Waals surface area contributed by atoms with Gasteiger partial charge in [-0.3, -0.25) is 0 Å². The first-order valence-electron chi connectivity index (χ1n) is 5.40. The quantitative estimate of drug-likeness (QED) is 0.660. The third-order valence-corrected chi connectivity index (χ3v) is 3.04. The Labute approximate surface area is 123 Å². The highest BCUT2D eigenvalue weighted by Gasteiger charge is 2.13. The van der Waals surface area contributed by atoms with Crippen molar-refractivity contribution in [3.63, 3.8) is 0 Å². The Morgan fingerprint density at radius 2 is 1.75 bits per heavy atom. The Bertz CT molecular complexity index is 668. The fraction of sp³-hybridized carbons (Fsp3) is 0. The summed E-state index contributed by atoms with van der Waals surface area (Å²) < 4.78 is 39.2. The molecule has 0 heterocycles. The van der Waals surface area contributed by atoms with Gasteiger partial charge < -0.3 is 11.1 Å². The summed E-state index contributed by atoms with van der Waals surface area (Å²) >= 11 is 10.8. The van der Waals surface area contributed by atoms with E-state index in [4.69, 9.17) is 29.6 Å². The first kappa shape index (κ1) is 14.6. The van der Waals surface area contributed by atoms with Crippen LogP contribution >= 0.6 is 23.8 Å². The second-order valence-electron chi connectivity index (χ2n) is 3.91. The molecule has 0 fully saturated rings. The van der Waals surface area contributed by atoms with E-state index in [1.54, 1.807) is 18.2 Å². The average Bonchev–Trinajstić information content (AvgIpc) is 2.35. The van der Waals surface area contributed by atoms with Gasteiger partial charge in [0.05, 0.1) is 16.3 Å².